The molecule has 17 heavy (non-hydrogen) atoms. The van der Waals surface area contributed by atoms with E-state index in [0.717, 1.165) is 18.8 Å². The molecule has 0 aliphatic carbocycles. The third-order valence-corrected chi connectivity index (χ3v) is 3.00. The van der Waals surface area contributed by atoms with Crippen molar-refractivity contribution in [3.05, 3.63) is 29.8 Å². The minimum absolute atomic E-state index is 0.219. The third-order valence-electron chi connectivity index (χ3n) is 3.00. The van der Waals surface area contributed by atoms with E-state index in [1.165, 1.54) is 5.56 Å². The SMILES string of the molecule is CC(C)(C)C(=O)N1CCNc2ccccc2C1. The van der Waals surface area contributed by atoms with Crippen LogP contribution in [0.4, 0.5) is 5.69 Å². The number of benzene rings is 1. The Labute approximate surface area is 103 Å². The van der Waals surface area contributed by atoms with Crippen molar-refractivity contribution in [1.82, 2.24) is 4.90 Å². The number of fused-ring (bicyclic) bond motifs is 1. The molecule has 0 bridgehead atoms. The first-order valence-electron chi connectivity index (χ1n) is 6.09. The van der Waals surface area contributed by atoms with Gasteiger partial charge in [0.05, 0.1) is 0 Å². The molecule has 3 nitrogen and oxygen atoms in total. The van der Waals surface area contributed by atoms with Gasteiger partial charge in [0, 0.05) is 30.7 Å². The quantitative estimate of drug-likeness (QED) is 0.745. The lowest BCUT2D eigenvalue weighted by Gasteiger charge is -2.28. The molecule has 0 saturated heterocycles. The molecule has 1 amide bonds. The maximum Gasteiger partial charge on any atom is 0.228 e. The van der Waals surface area contributed by atoms with Gasteiger partial charge < -0.3 is 10.2 Å². The Kier molecular flexibility index (Phi) is 3.09. The average molecular weight is 232 g/mol. The van der Waals surface area contributed by atoms with Crippen LogP contribution in [0.15, 0.2) is 24.3 Å². The van der Waals surface area contributed by atoms with Gasteiger partial charge in [0.2, 0.25) is 5.91 Å². The summed E-state index contributed by atoms with van der Waals surface area (Å²) in [5.74, 6) is 0.219. The smallest absolute Gasteiger partial charge is 0.228 e. The monoisotopic (exact) mass is 232 g/mol. The normalized spacial score (nSPS) is 15.8. The minimum Gasteiger partial charge on any atom is -0.383 e. The van der Waals surface area contributed by atoms with E-state index in [1.807, 2.05) is 37.8 Å². The Morgan fingerprint density at radius 3 is 2.71 bits per heavy atom. The van der Waals surface area contributed by atoms with Crippen LogP contribution in [-0.4, -0.2) is 23.9 Å². The van der Waals surface area contributed by atoms with Gasteiger partial charge in [0.1, 0.15) is 0 Å². The number of hydrogen-bond donors (Lipinski definition) is 1. The van der Waals surface area contributed by atoms with Gasteiger partial charge in [-0.3, -0.25) is 4.79 Å². The zero-order valence-corrected chi connectivity index (χ0v) is 10.8. The molecular weight excluding hydrogens is 212 g/mol. The number of rotatable bonds is 0. The van der Waals surface area contributed by atoms with Crippen LogP contribution < -0.4 is 5.32 Å². The first kappa shape index (κ1) is 12.0. The topological polar surface area (TPSA) is 32.3 Å². The first-order chi connectivity index (χ1) is 7.98. The second kappa shape index (κ2) is 4.40. The summed E-state index contributed by atoms with van der Waals surface area (Å²) in [6, 6.07) is 8.19. The number of carbonyl (C=O) groups excluding carboxylic acids is 1. The number of nitrogens with zero attached hydrogens (tertiary/aromatic N) is 1. The lowest BCUT2D eigenvalue weighted by atomic mass is 9.94. The third kappa shape index (κ3) is 2.60. The van der Waals surface area contributed by atoms with E-state index in [-0.39, 0.29) is 11.3 Å². The Morgan fingerprint density at radius 2 is 2.00 bits per heavy atom. The molecule has 1 aromatic carbocycles. The summed E-state index contributed by atoms with van der Waals surface area (Å²) in [4.78, 5) is 14.2. The molecule has 1 aromatic rings. The van der Waals surface area contributed by atoms with Gasteiger partial charge in [-0.25, -0.2) is 0 Å². The molecule has 0 unspecified atom stereocenters. The number of para-hydroxylation sites is 1. The lowest BCUT2D eigenvalue weighted by molar-refractivity contribution is -0.139. The van der Waals surface area contributed by atoms with Gasteiger partial charge in [-0.05, 0) is 11.6 Å². The van der Waals surface area contributed by atoms with Crippen LogP contribution in [0.1, 0.15) is 26.3 Å². The van der Waals surface area contributed by atoms with E-state index < -0.39 is 0 Å². The van der Waals surface area contributed by atoms with Crippen LogP contribution in [0.5, 0.6) is 0 Å². The van der Waals surface area contributed by atoms with E-state index in [1.54, 1.807) is 0 Å². The predicted octanol–water partition coefficient (Wildman–Crippen LogP) is 2.49. The van der Waals surface area contributed by atoms with Crippen LogP contribution in [0.25, 0.3) is 0 Å². The van der Waals surface area contributed by atoms with Gasteiger partial charge >= 0.3 is 0 Å². The number of carbonyl (C=O) groups is 1. The highest BCUT2D eigenvalue weighted by Gasteiger charge is 2.28. The molecule has 1 aliphatic heterocycles. The van der Waals surface area contributed by atoms with Crippen molar-refractivity contribution < 1.29 is 4.79 Å². The van der Waals surface area contributed by atoms with E-state index in [2.05, 4.69) is 17.4 Å². The van der Waals surface area contributed by atoms with Gasteiger partial charge in [0.25, 0.3) is 0 Å². The van der Waals surface area contributed by atoms with E-state index in [0.29, 0.717) is 6.54 Å². The molecule has 1 aliphatic rings. The van der Waals surface area contributed by atoms with Crippen LogP contribution >= 0.6 is 0 Å². The predicted molar refractivity (Wildman–Crippen MR) is 69.8 cm³/mol. The maximum atomic E-state index is 12.3. The van der Waals surface area contributed by atoms with Crippen LogP contribution in [0, 0.1) is 5.41 Å². The summed E-state index contributed by atoms with van der Waals surface area (Å²) >= 11 is 0. The first-order valence-corrected chi connectivity index (χ1v) is 6.09. The van der Waals surface area contributed by atoms with Crippen molar-refractivity contribution in [3.63, 3.8) is 0 Å². The number of anilines is 1. The second-order valence-corrected chi connectivity index (χ2v) is 5.56. The Balaban J connectivity index is 2.22. The summed E-state index contributed by atoms with van der Waals surface area (Å²) in [7, 11) is 0. The molecule has 0 saturated carbocycles. The fourth-order valence-electron chi connectivity index (χ4n) is 2.09. The summed E-state index contributed by atoms with van der Waals surface area (Å²) in [6.07, 6.45) is 0. The maximum absolute atomic E-state index is 12.3. The molecule has 1 N–H and O–H groups in total. The van der Waals surface area contributed by atoms with Crippen molar-refractivity contribution in [2.75, 3.05) is 18.4 Å². The number of amides is 1. The Hall–Kier alpha value is -1.51. The zero-order chi connectivity index (χ0) is 12.5. The highest BCUT2D eigenvalue weighted by Crippen LogP contribution is 2.24. The van der Waals surface area contributed by atoms with Crippen LogP contribution in [-0.2, 0) is 11.3 Å². The molecule has 0 radical (unpaired) electrons. The van der Waals surface area contributed by atoms with Gasteiger partial charge in [-0.2, -0.15) is 0 Å². The highest BCUT2D eigenvalue weighted by atomic mass is 16.2. The molecular formula is C14H20N2O. The molecule has 0 spiro atoms. The summed E-state index contributed by atoms with van der Waals surface area (Å²) < 4.78 is 0. The number of hydrogen-bond acceptors (Lipinski definition) is 2. The fourth-order valence-corrected chi connectivity index (χ4v) is 2.09. The summed E-state index contributed by atoms with van der Waals surface area (Å²) in [6.45, 7) is 8.21. The van der Waals surface area contributed by atoms with Gasteiger partial charge in [0.15, 0.2) is 0 Å². The minimum atomic E-state index is -0.306. The molecule has 0 fully saturated rings. The zero-order valence-electron chi connectivity index (χ0n) is 10.8. The molecule has 3 heteroatoms. The number of nitrogens with one attached hydrogen (secondary N) is 1. The molecule has 2 rings (SSSR count). The fraction of sp³-hybridized carbons (Fsp3) is 0.500. The lowest BCUT2D eigenvalue weighted by Crippen LogP contribution is -2.40. The standard InChI is InChI=1S/C14H20N2O/c1-14(2,3)13(17)16-9-8-15-12-7-5-4-6-11(12)10-16/h4-7,15H,8-10H2,1-3H3. The molecule has 1 heterocycles. The highest BCUT2D eigenvalue weighted by molar-refractivity contribution is 5.82. The summed E-state index contributed by atoms with van der Waals surface area (Å²) in [5, 5.41) is 3.37. The van der Waals surface area contributed by atoms with Crippen LogP contribution in [0.3, 0.4) is 0 Å². The van der Waals surface area contributed by atoms with Crippen LogP contribution in [0.2, 0.25) is 0 Å². The van der Waals surface area contributed by atoms with E-state index >= 15 is 0 Å². The van der Waals surface area contributed by atoms with Crippen molar-refractivity contribution >= 4 is 11.6 Å². The van der Waals surface area contributed by atoms with Gasteiger partial charge in [-0.1, -0.05) is 39.0 Å². The van der Waals surface area contributed by atoms with Crippen molar-refractivity contribution in [3.8, 4) is 0 Å². The molecule has 0 atom stereocenters. The van der Waals surface area contributed by atoms with E-state index in [4.69, 9.17) is 0 Å². The van der Waals surface area contributed by atoms with Crippen molar-refractivity contribution in [2.24, 2.45) is 5.41 Å². The van der Waals surface area contributed by atoms with Gasteiger partial charge in [-0.15, -0.1) is 0 Å². The van der Waals surface area contributed by atoms with E-state index in [9.17, 15) is 4.79 Å². The Bertz CT molecular complexity index is 420. The van der Waals surface area contributed by atoms with Crippen molar-refractivity contribution in [2.45, 2.75) is 27.3 Å². The average Bonchev–Trinajstić information content (AvgIpc) is 2.48. The molecule has 92 valence electrons. The second-order valence-electron chi connectivity index (χ2n) is 5.56. The van der Waals surface area contributed by atoms with Crippen molar-refractivity contribution in [1.29, 1.82) is 0 Å². The summed E-state index contributed by atoms with van der Waals surface area (Å²) in [5.41, 5.74) is 2.04. The molecule has 0 aromatic heterocycles. The Morgan fingerprint density at radius 1 is 1.29 bits per heavy atom. The largest absolute Gasteiger partial charge is 0.383 e.